The number of piperidine rings is 1. The van der Waals surface area contributed by atoms with Crippen LogP contribution < -0.4 is 0 Å². The Morgan fingerprint density at radius 1 is 1.26 bits per heavy atom. The average Bonchev–Trinajstić information content (AvgIpc) is 2.39. The molecule has 19 heavy (non-hydrogen) atoms. The lowest BCUT2D eigenvalue weighted by Gasteiger charge is -2.44. The molecule has 1 saturated heterocycles. The Morgan fingerprint density at radius 3 is 2.47 bits per heavy atom. The van der Waals surface area contributed by atoms with Gasteiger partial charge in [-0.25, -0.2) is 0 Å². The van der Waals surface area contributed by atoms with E-state index in [-0.39, 0.29) is 11.5 Å². The van der Waals surface area contributed by atoms with Crippen LogP contribution in [0.1, 0.15) is 52.4 Å². The molecular weight excluding hydrogens is 238 g/mol. The summed E-state index contributed by atoms with van der Waals surface area (Å²) in [7, 11) is 0. The summed E-state index contributed by atoms with van der Waals surface area (Å²) in [6.07, 6.45) is 7.01. The minimum Gasteiger partial charge on any atom is -0.396 e. The van der Waals surface area contributed by atoms with Gasteiger partial charge in [0.15, 0.2) is 0 Å². The second kappa shape index (κ2) is 6.55. The van der Waals surface area contributed by atoms with Gasteiger partial charge in [0.1, 0.15) is 0 Å². The van der Waals surface area contributed by atoms with Crippen molar-refractivity contribution in [1.29, 1.82) is 0 Å². The molecule has 0 spiro atoms. The summed E-state index contributed by atoms with van der Waals surface area (Å²) < 4.78 is 0. The highest BCUT2D eigenvalue weighted by atomic mass is 16.3. The predicted molar refractivity (Wildman–Crippen MR) is 78.0 cm³/mol. The number of nitrogens with zero attached hydrogens (tertiary/aromatic N) is 1. The summed E-state index contributed by atoms with van der Waals surface area (Å²) in [6, 6.07) is 0. The summed E-state index contributed by atoms with van der Waals surface area (Å²) in [5.74, 6) is 1.24. The number of aliphatic hydroxyl groups excluding tert-OH is 2. The molecular formula is C16H31NO2. The Bertz CT molecular complexity index is 274. The number of rotatable bonds is 4. The van der Waals surface area contributed by atoms with E-state index in [2.05, 4.69) is 11.8 Å². The molecule has 3 nitrogen and oxygen atoms in total. The first-order chi connectivity index (χ1) is 9.04. The van der Waals surface area contributed by atoms with E-state index in [1.165, 1.54) is 25.7 Å². The zero-order valence-corrected chi connectivity index (χ0v) is 12.6. The topological polar surface area (TPSA) is 43.7 Å². The molecule has 0 aromatic heterocycles. The van der Waals surface area contributed by atoms with Crippen molar-refractivity contribution in [2.75, 3.05) is 26.2 Å². The second-order valence-electron chi connectivity index (χ2n) is 7.21. The van der Waals surface area contributed by atoms with Crippen molar-refractivity contribution in [3.05, 3.63) is 0 Å². The molecule has 0 amide bonds. The Kier molecular flexibility index (Phi) is 5.27. The number of hydrogen-bond donors (Lipinski definition) is 2. The monoisotopic (exact) mass is 269 g/mol. The molecule has 1 saturated carbocycles. The third-order valence-corrected chi connectivity index (χ3v) is 5.39. The third-order valence-electron chi connectivity index (χ3n) is 5.39. The van der Waals surface area contributed by atoms with Crippen molar-refractivity contribution >= 4 is 0 Å². The molecule has 2 rings (SSSR count). The van der Waals surface area contributed by atoms with Crippen molar-refractivity contribution in [2.45, 2.75) is 58.5 Å². The quantitative estimate of drug-likeness (QED) is 0.823. The Labute approximate surface area is 118 Å². The lowest BCUT2D eigenvalue weighted by atomic mass is 9.70. The average molecular weight is 269 g/mol. The molecule has 1 aliphatic carbocycles. The molecule has 2 aliphatic rings. The molecule has 0 radical (unpaired) electrons. The summed E-state index contributed by atoms with van der Waals surface area (Å²) in [5, 5.41) is 19.5. The highest BCUT2D eigenvalue weighted by Crippen LogP contribution is 2.40. The van der Waals surface area contributed by atoms with Gasteiger partial charge in [-0.1, -0.05) is 19.8 Å². The normalized spacial score (nSPS) is 36.3. The van der Waals surface area contributed by atoms with E-state index < -0.39 is 0 Å². The van der Waals surface area contributed by atoms with Gasteiger partial charge >= 0.3 is 0 Å². The minimum atomic E-state index is -0.163. The van der Waals surface area contributed by atoms with Crippen molar-refractivity contribution in [1.82, 2.24) is 4.90 Å². The van der Waals surface area contributed by atoms with Crippen LogP contribution in [0.2, 0.25) is 0 Å². The first kappa shape index (κ1) is 15.3. The van der Waals surface area contributed by atoms with E-state index >= 15 is 0 Å². The van der Waals surface area contributed by atoms with Gasteiger partial charge in [0.2, 0.25) is 0 Å². The fourth-order valence-electron chi connectivity index (χ4n) is 4.17. The Morgan fingerprint density at radius 2 is 1.95 bits per heavy atom. The van der Waals surface area contributed by atoms with Crippen molar-refractivity contribution in [3.63, 3.8) is 0 Å². The van der Waals surface area contributed by atoms with Crippen molar-refractivity contribution < 1.29 is 10.2 Å². The lowest BCUT2D eigenvalue weighted by molar-refractivity contribution is 0.00314. The van der Waals surface area contributed by atoms with Crippen LogP contribution in [0.3, 0.4) is 0 Å². The predicted octanol–water partition coefficient (Wildman–Crippen LogP) is 2.27. The zero-order chi connectivity index (χ0) is 13.9. The number of hydrogen-bond acceptors (Lipinski definition) is 3. The summed E-state index contributed by atoms with van der Waals surface area (Å²) >= 11 is 0. The Balaban J connectivity index is 1.86. The highest BCUT2D eigenvalue weighted by molar-refractivity contribution is 4.89. The second-order valence-corrected chi connectivity index (χ2v) is 7.21. The summed E-state index contributed by atoms with van der Waals surface area (Å²) in [6.45, 7) is 7.81. The van der Waals surface area contributed by atoms with E-state index in [0.29, 0.717) is 12.5 Å². The van der Waals surface area contributed by atoms with Gasteiger partial charge in [0, 0.05) is 18.6 Å². The number of likely N-dealkylation sites (tertiary alicyclic amines) is 1. The first-order valence-electron chi connectivity index (χ1n) is 8.06. The first-order valence-corrected chi connectivity index (χ1v) is 8.06. The van der Waals surface area contributed by atoms with Gasteiger partial charge in [0.25, 0.3) is 0 Å². The van der Waals surface area contributed by atoms with Gasteiger partial charge in [-0.2, -0.15) is 0 Å². The molecule has 0 aromatic carbocycles. The summed E-state index contributed by atoms with van der Waals surface area (Å²) in [5.41, 5.74) is 0.148. The van der Waals surface area contributed by atoms with E-state index in [1.54, 1.807) is 0 Å². The lowest BCUT2D eigenvalue weighted by Crippen LogP contribution is -2.46. The fourth-order valence-corrected chi connectivity index (χ4v) is 4.17. The summed E-state index contributed by atoms with van der Waals surface area (Å²) in [4.78, 5) is 2.52. The van der Waals surface area contributed by atoms with Crippen LogP contribution in [0.4, 0.5) is 0 Å². The van der Waals surface area contributed by atoms with Crippen LogP contribution in [0, 0.1) is 17.3 Å². The van der Waals surface area contributed by atoms with Gasteiger partial charge < -0.3 is 15.1 Å². The van der Waals surface area contributed by atoms with E-state index in [0.717, 1.165) is 38.4 Å². The molecule has 0 bridgehead atoms. The third kappa shape index (κ3) is 3.93. The molecule has 3 heteroatoms. The largest absolute Gasteiger partial charge is 0.396 e. The maximum Gasteiger partial charge on any atom is 0.0541 e. The Hall–Kier alpha value is -0.120. The molecule has 1 aliphatic heterocycles. The molecule has 3 unspecified atom stereocenters. The maximum atomic E-state index is 9.86. The molecule has 1 heterocycles. The van der Waals surface area contributed by atoms with Crippen LogP contribution in [-0.2, 0) is 0 Å². The van der Waals surface area contributed by atoms with Gasteiger partial charge in [-0.3, -0.25) is 0 Å². The van der Waals surface area contributed by atoms with Gasteiger partial charge in [-0.15, -0.1) is 0 Å². The van der Waals surface area contributed by atoms with Crippen LogP contribution in [0.25, 0.3) is 0 Å². The van der Waals surface area contributed by atoms with E-state index in [1.807, 2.05) is 6.92 Å². The molecule has 112 valence electrons. The van der Waals surface area contributed by atoms with Crippen molar-refractivity contribution in [2.24, 2.45) is 17.3 Å². The van der Waals surface area contributed by atoms with Crippen molar-refractivity contribution in [3.8, 4) is 0 Å². The van der Waals surface area contributed by atoms with Crippen LogP contribution >= 0.6 is 0 Å². The van der Waals surface area contributed by atoms with E-state index in [4.69, 9.17) is 0 Å². The van der Waals surface area contributed by atoms with Crippen LogP contribution in [-0.4, -0.2) is 47.5 Å². The highest BCUT2D eigenvalue weighted by Gasteiger charge is 2.37. The minimum absolute atomic E-state index is 0.148. The number of aliphatic hydroxyl groups is 2. The van der Waals surface area contributed by atoms with E-state index in [9.17, 15) is 10.2 Å². The smallest absolute Gasteiger partial charge is 0.0541 e. The van der Waals surface area contributed by atoms with Crippen LogP contribution in [0.5, 0.6) is 0 Å². The fraction of sp³-hybridized carbons (Fsp3) is 1.00. The molecule has 2 N–H and O–H groups in total. The molecule has 3 atom stereocenters. The molecule has 2 fully saturated rings. The van der Waals surface area contributed by atoms with Crippen LogP contribution in [0.15, 0.2) is 0 Å². The van der Waals surface area contributed by atoms with Gasteiger partial charge in [0.05, 0.1) is 6.10 Å². The molecule has 0 aromatic rings. The van der Waals surface area contributed by atoms with Gasteiger partial charge in [-0.05, 0) is 57.5 Å². The zero-order valence-electron chi connectivity index (χ0n) is 12.6. The maximum absolute atomic E-state index is 9.86. The standard InChI is InChI=1S/C16H31NO2/c1-13-4-3-7-16(10-13,12-18)11-17-8-5-15(6-9-17)14(2)19/h13-15,18-19H,3-12H2,1-2H3. The SMILES string of the molecule is CC1CCCC(CO)(CN2CCC(C(C)O)CC2)C1.